The van der Waals surface area contributed by atoms with Gasteiger partial charge in [-0.15, -0.1) is 0 Å². The zero-order valence-corrected chi connectivity index (χ0v) is 16.9. The molecule has 0 amide bonds. The van der Waals surface area contributed by atoms with E-state index in [1.165, 1.54) is 6.20 Å². The molecule has 0 fully saturated rings. The Hall–Kier alpha value is -2.84. The minimum atomic E-state index is -3.48. The van der Waals surface area contributed by atoms with E-state index in [-0.39, 0.29) is 15.7 Å². The molecule has 28 heavy (non-hydrogen) atoms. The van der Waals surface area contributed by atoms with Crippen LogP contribution in [0.3, 0.4) is 0 Å². The molecule has 0 unspecified atom stereocenters. The van der Waals surface area contributed by atoms with Gasteiger partial charge in [0, 0.05) is 11.4 Å². The molecule has 2 aromatic carbocycles. The van der Waals surface area contributed by atoms with Gasteiger partial charge in [0.25, 0.3) is 0 Å². The maximum absolute atomic E-state index is 12.6. The van der Waals surface area contributed by atoms with Crippen LogP contribution in [0.5, 0.6) is 0 Å². The van der Waals surface area contributed by atoms with E-state index in [2.05, 4.69) is 20.6 Å². The highest BCUT2D eigenvalue weighted by atomic mass is 35.5. The third kappa shape index (κ3) is 4.35. The van der Waals surface area contributed by atoms with E-state index in [1.807, 2.05) is 6.07 Å². The van der Waals surface area contributed by atoms with Gasteiger partial charge in [-0.25, -0.2) is 13.4 Å². The van der Waals surface area contributed by atoms with Crippen LogP contribution >= 0.6 is 11.6 Å². The summed E-state index contributed by atoms with van der Waals surface area (Å²) in [4.78, 5) is 8.70. The highest BCUT2D eigenvalue weighted by Gasteiger charge is 2.23. The number of rotatable bonds is 6. The summed E-state index contributed by atoms with van der Waals surface area (Å²) in [7, 11) is -3.48. The number of hydrogen-bond acceptors (Lipinski definition) is 7. The fraction of sp³-hybridized carbons (Fsp3) is 0.158. The van der Waals surface area contributed by atoms with Gasteiger partial charge in [-0.1, -0.05) is 29.8 Å². The first-order valence-electron chi connectivity index (χ1n) is 8.52. The Morgan fingerprint density at radius 3 is 2.54 bits per heavy atom. The molecule has 1 heterocycles. The van der Waals surface area contributed by atoms with Crippen LogP contribution in [-0.4, -0.2) is 23.6 Å². The fourth-order valence-corrected chi connectivity index (χ4v) is 3.80. The highest BCUT2D eigenvalue weighted by Crippen LogP contribution is 2.30. The number of nitrogen functional groups attached to an aromatic ring is 1. The molecule has 0 aliphatic carbocycles. The number of sulfone groups is 1. The number of aromatic nitrogens is 2. The van der Waals surface area contributed by atoms with Crippen LogP contribution in [0, 0.1) is 0 Å². The Kier molecular flexibility index (Phi) is 5.71. The lowest BCUT2D eigenvalue weighted by atomic mass is 10.3. The van der Waals surface area contributed by atoms with Crippen molar-refractivity contribution in [3.63, 3.8) is 0 Å². The van der Waals surface area contributed by atoms with E-state index < -0.39 is 15.1 Å². The third-order valence-corrected chi connectivity index (χ3v) is 6.44. The fourth-order valence-electron chi connectivity index (χ4n) is 2.46. The van der Waals surface area contributed by atoms with Crippen molar-refractivity contribution in [3.8, 4) is 0 Å². The lowest BCUT2D eigenvalue weighted by Gasteiger charge is -2.15. The summed E-state index contributed by atoms with van der Waals surface area (Å²) in [6, 6.07) is 13.8. The Morgan fingerprint density at radius 2 is 1.82 bits per heavy atom. The van der Waals surface area contributed by atoms with Gasteiger partial charge < -0.3 is 16.4 Å². The number of anilines is 5. The molecule has 0 atom stereocenters. The second-order valence-corrected chi connectivity index (χ2v) is 9.24. The minimum absolute atomic E-state index is 0.185. The molecule has 3 rings (SSSR count). The summed E-state index contributed by atoms with van der Waals surface area (Å²) in [5.74, 6) is 0.580. The topological polar surface area (TPSA) is 110 Å². The van der Waals surface area contributed by atoms with E-state index in [1.54, 1.807) is 56.3 Å². The van der Waals surface area contributed by atoms with Crippen LogP contribution in [0.15, 0.2) is 59.6 Å². The number of nitrogens with one attached hydrogen (secondary N) is 2. The predicted molar refractivity (Wildman–Crippen MR) is 113 cm³/mol. The van der Waals surface area contributed by atoms with Gasteiger partial charge in [0.05, 0.1) is 22.0 Å². The zero-order chi connectivity index (χ0) is 20.3. The van der Waals surface area contributed by atoms with Crippen molar-refractivity contribution >= 4 is 50.3 Å². The first-order chi connectivity index (χ1) is 13.3. The maximum Gasteiger partial charge on any atom is 0.229 e. The van der Waals surface area contributed by atoms with Crippen molar-refractivity contribution in [2.75, 3.05) is 16.4 Å². The molecule has 0 saturated carbocycles. The molecule has 0 aliphatic rings. The van der Waals surface area contributed by atoms with Crippen LogP contribution in [0.1, 0.15) is 13.8 Å². The van der Waals surface area contributed by atoms with Crippen LogP contribution < -0.4 is 16.4 Å². The molecule has 1 aromatic heterocycles. The standard InChI is InChI=1S/C19H20ClN5O2S/c1-12(2)28(26,27)17-9-4-3-8-16(17)24-18-15(20)11-22-19(25-18)23-14-7-5-6-13(21)10-14/h3-12H,21H2,1-2H3,(H2,22,23,24,25). The molecule has 0 radical (unpaired) electrons. The van der Waals surface area contributed by atoms with Gasteiger partial charge in [0.1, 0.15) is 5.02 Å². The Labute approximate surface area is 168 Å². The van der Waals surface area contributed by atoms with Crippen LogP contribution in [-0.2, 0) is 9.84 Å². The van der Waals surface area contributed by atoms with E-state index >= 15 is 0 Å². The van der Waals surface area contributed by atoms with Crippen molar-refractivity contribution in [2.45, 2.75) is 24.0 Å². The Bertz CT molecular complexity index is 1100. The lowest BCUT2D eigenvalue weighted by molar-refractivity contribution is 0.588. The van der Waals surface area contributed by atoms with Crippen LogP contribution in [0.2, 0.25) is 5.02 Å². The van der Waals surface area contributed by atoms with Gasteiger partial charge in [-0.3, -0.25) is 0 Å². The second kappa shape index (κ2) is 8.04. The molecule has 0 spiro atoms. The number of benzene rings is 2. The lowest BCUT2D eigenvalue weighted by Crippen LogP contribution is -2.15. The zero-order valence-electron chi connectivity index (χ0n) is 15.3. The quantitative estimate of drug-likeness (QED) is 0.510. The molecular weight excluding hydrogens is 398 g/mol. The second-order valence-electron chi connectivity index (χ2n) is 6.36. The molecule has 4 N–H and O–H groups in total. The van der Waals surface area contributed by atoms with E-state index in [9.17, 15) is 8.42 Å². The minimum Gasteiger partial charge on any atom is -0.399 e. The Balaban J connectivity index is 1.94. The van der Waals surface area contributed by atoms with Gasteiger partial charge in [0.2, 0.25) is 5.95 Å². The summed E-state index contributed by atoms with van der Waals surface area (Å²) in [5, 5.41) is 5.76. The highest BCUT2D eigenvalue weighted by molar-refractivity contribution is 7.92. The molecule has 146 valence electrons. The average Bonchev–Trinajstić information content (AvgIpc) is 2.65. The Morgan fingerprint density at radius 1 is 1.07 bits per heavy atom. The normalized spacial score (nSPS) is 11.4. The summed E-state index contributed by atoms with van der Waals surface area (Å²) in [5.41, 5.74) is 7.49. The van der Waals surface area contributed by atoms with Crippen molar-refractivity contribution in [1.29, 1.82) is 0 Å². The number of halogens is 1. The SMILES string of the molecule is CC(C)S(=O)(=O)c1ccccc1Nc1nc(Nc2cccc(N)c2)ncc1Cl. The molecular formula is C19H20ClN5O2S. The van der Waals surface area contributed by atoms with Gasteiger partial charge in [-0.2, -0.15) is 4.98 Å². The van der Waals surface area contributed by atoms with Crippen molar-refractivity contribution in [2.24, 2.45) is 0 Å². The van der Waals surface area contributed by atoms with Crippen LogP contribution in [0.25, 0.3) is 0 Å². The van der Waals surface area contributed by atoms with E-state index in [0.29, 0.717) is 17.3 Å². The van der Waals surface area contributed by atoms with E-state index in [0.717, 1.165) is 5.69 Å². The summed E-state index contributed by atoms with van der Waals surface area (Å²) in [6.45, 7) is 3.27. The molecule has 9 heteroatoms. The number of nitrogens with zero attached hydrogens (tertiary/aromatic N) is 2. The van der Waals surface area contributed by atoms with Gasteiger partial charge in [-0.05, 0) is 44.2 Å². The number of hydrogen-bond donors (Lipinski definition) is 3. The monoisotopic (exact) mass is 417 g/mol. The average molecular weight is 418 g/mol. The van der Waals surface area contributed by atoms with Crippen molar-refractivity contribution in [1.82, 2.24) is 9.97 Å². The van der Waals surface area contributed by atoms with Crippen molar-refractivity contribution in [3.05, 3.63) is 59.8 Å². The summed E-state index contributed by atoms with van der Waals surface area (Å²) >= 11 is 6.22. The molecule has 3 aromatic rings. The summed E-state index contributed by atoms with van der Waals surface area (Å²) < 4.78 is 25.3. The first kappa shape index (κ1) is 19.9. The largest absolute Gasteiger partial charge is 0.399 e. The van der Waals surface area contributed by atoms with E-state index in [4.69, 9.17) is 17.3 Å². The molecule has 0 bridgehead atoms. The van der Waals surface area contributed by atoms with Gasteiger partial charge >= 0.3 is 0 Å². The smallest absolute Gasteiger partial charge is 0.229 e. The number of para-hydroxylation sites is 1. The van der Waals surface area contributed by atoms with Crippen LogP contribution in [0.4, 0.5) is 28.8 Å². The third-order valence-electron chi connectivity index (χ3n) is 3.95. The van der Waals surface area contributed by atoms with Gasteiger partial charge in [0.15, 0.2) is 15.7 Å². The van der Waals surface area contributed by atoms with Crippen molar-refractivity contribution < 1.29 is 8.42 Å². The maximum atomic E-state index is 12.6. The predicted octanol–water partition coefficient (Wildman–Crippen LogP) is 4.38. The molecule has 7 nitrogen and oxygen atoms in total. The number of nitrogens with two attached hydrogens (primary N) is 1. The first-order valence-corrected chi connectivity index (χ1v) is 10.4. The molecule has 0 aliphatic heterocycles. The summed E-state index contributed by atoms with van der Waals surface area (Å²) in [6.07, 6.45) is 1.44. The molecule has 0 saturated heterocycles.